The molecule has 130 valence electrons. The van der Waals surface area contributed by atoms with Crippen LogP contribution < -0.4 is 11.2 Å². The molecule has 1 aliphatic carbocycles. The van der Waals surface area contributed by atoms with Crippen molar-refractivity contribution in [3.8, 4) is 0 Å². The maximum atomic E-state index is 6.22. The first-order chi connectivity index (χ1) is 11.8. The minimum atomic E-state index is -0.468. The molecule has 2 aliphatic rings. The zero-order valence-corrected chi connectivity index (χ0v) is 15.2. The Kier molecular flexibility index (Phi) is 3.67. The normalized spacial score (nSPS) is 21.5. The number of nitrogens with zero attached hydrogens (tertiary/aromatic N) is 2. The van der Waals surface area contributed by atoms with Crippen LogP contribution in [0.3, 0.4) is 0 Å². The van der Waals surface area contributed by atoms with Gasteiger partial charge in [0, 0.05) is 23.3 Å². The second kappa shape index (κ2) is 5.54. The summed E-state index contributed by atoms with van der Waals surface area (Å²) >= 11 is 0. The predicted octanol–water partition coefficient (Wildman–Crippen LogP) is 2.24. The van der Waals surface area contributed by atoms with Crippen LogP contribution in [0.4, 0.5) is 5.95 Å². The third-order valence-corrected chi connectivity index (χ3v) is 5.81. The molecule has 0 atom stereocenters. The molecule has 1 saturated heterocycles. The van der Waals surface area contributed by atoms with E-state index in [1.165, 1.54) is 11.1 Å². The summed E-state index contributed by atoms with van der Waals surface area (Å²) < 4.78 is 12.4. The Labute approximate surface area is 149 Å². The molecule has 1 aliphatic heterocycles. The molecule has 0 radical (unpaired) electrons. The Hall–Kier alpha value is -1.92. The molecular formula is C19H24BN3O2. The lowest BCUT2D eigenvalue weighted by Gasteiger charge is -2.32. The molecule has 0 amide bonds. The number of fused-ring (bicyclic) bond motifs is 1. The molecule has 5 nitrogen and oxygen atoms in total. The van der Waals surface area contributed by atoms with Gasteiger partial charge in [-0.25, -0.2) is 9.97 Å². The minimum Gasteiger partial charge on any atom is -0.399 e. The third-order valence-electron chi connectivity index (χ3n) is 5.81. The summed E-state index contributed by atoms with van der Waals surface area (Å²) in [5, 5.41) is 0. The van der Waals surface area contributed by atoms with Gasteiger partial charge in [-0.05, 0) is 51.7 Å². The van der Waals surface area contributed by atoms with E-state index in [-0.39, 0.29) is 5.92 Å². The van der Waals surface area contributed by atoms with Crippen LogP contribution in [0, 0.1) is 0 Å². The molecule has 2 N–H and O–H groups in total. The fourth-order valence-electron chi connectivity index (χ4n) is 3.65. The zero-order valence-electron chi connectivity index (χ0n) is 15.2. The van der Waals surface area contributed by atoms with Crippen molar-refractivity contribution < 1.29 is 9.31 Å². The van der Waals surface area contributed by atoms with Gasteiger partial charge in [0.05, 0.1) is 11.2 Å². The van der Waals surface area contributed by atoms with Gasteiger partial charge in [-0.3, -0.25) is 0 Å². The van der Waals surface area contributed by atoms with Gasteiger partial charge in [0.15, 0.2) is 0 Å². The van der Waals surface area contributed by atoms with Crippen molar-refractivity contribution in [2.24, 2.45) is 0 Å². The first-order valence-electron chi connectivity index (χ1n) is 8.81. The van der Waals surface area contributed by atoms with Crippen LogP contribution in [0.15, 0.2) is 30.5 Å². The highest BCUT2D eigenvalue weighted by molar-refractivity contribution is 6.62. The van der Waals surface area contributed by atoms with E-state index in [4.69, 9.17) is 15.0 Å². The van der Waals surface area contributed by atoms with E-state index in [0.717, 1.165) is 24.0 Å². The van der Waals surface area contributed by atoms with Crippen molar-refractivity contribution in [2.45, 2.75) is 57.7 Å². The largest absolute Gasteiger partial charge is 0.498 e. The quantitative estimate of drug-likeness (QED) is 0.851. The molecule has 4 rings (SSSR count). The number of hydrogen-bond donors (Lipinski definition) is 1. The van der Waals surface area contributed by atoms with E-state index in [2.05, 4.69) is 61.9 Å². The Bertz CT molecular complexity index is 781. The topological polar surface area (TPSA) is 70.3 Å². The number of nitrogen functional groups attached to an aromatic ring is 1. The average molecular weight is 337 g/mol. The lowest BCUT2D eigenvalue weighted by molar-refractivity contribution is 0.00578. The Balaban J connectivity index is 1.70. The van der Waals surface area contributed by atoms with Crippen molar-refractivity contribution in [1.29, 1.82) is 0 Å². The van der Waals surface area contributed by atoms with Gasteiger partial charge in [0.1, 0.15) is 0 Å². The van der Waals surface area contributed by atoms with Gasteiger partial charge in [0.2, 0.25) is 5.95 Å². The lowest BCUT2D eigenvalue weighted by atomic mass is 9.75. The predicted molar refractivity (Wildman–Crippen MR) is 98.8 cm³/mol. The van der Waals surface area contributed by atoms with E-state index in [0.29, 0.717) is 5.95 Å². The molecule has 0 bridgehead atoms. The molecule has 6 heteroatoms. The van der Waals surface area contributed by atoms with Crippen molar-refractivity contribution in [1.82, 2.24) is 9.97 Å². The lowest BCUT2D eigenvalue weighted by Crippen LogP contribution is -2.41. The maximum Gasteiger partial charge on any atom is 0.498 e. The first-order valence-corrected chi connectivity index (χ1v) is 8.81. The van der Waals surface area contributed by atoms with E-state index in [1.807, 2.05) is 0 Å². The number of aromatic nitrogens is 2. The first kappa shape index (κ1) is 16.5. The van der Waals surface area contributed by atoms with Crippen molar-refractivity contribution in [2.75, 3.05) is 5.73 Å². The number of nitrogens with two attached hydrogens (primary N) is 1. The van der Waals surface area contributed by atoms with Crippen molar-refractivity contribution >= 4 is 18.5 Å². The van der Waals surface area contributed by atoms with E-state index in [9.17, 15) is 0 Å². The van der Waals surface area contributed by atoms with Crippen LogP contribution in [-0.4, -0.2) is 28.3 Å². The van der Waals surface area contributed by atoms with Crippen LogP contribution in [0.5, 0.6) is 0 Å². The molecule has 1 aromatic carbocycles. The summed E-state index contributed by atoms with van der Waals surface area (Å²) in [6.07, 6.45) is 3.68. The highest BCUT2D eigenvalue weighted by Crippen LogP contribution is 2.38. The molecule has 0 unspecified atom stereocenters. The van der Waals surface area contributed by atoms with E-state index in [1.54, 1.807) is 6.20 Å². The van der Waals surface area contributed by atoms with E-state index >= 15 is 0 Å². The second-order valence-electron chi connectivity index (χ2n) is 8.03. The standard InChI is InChI=1S/C19H24BN3O2/c1-18(2)19(3,4)25-20(24-18)15-11-22-17(21)23-16(15)14-9-12-7-5-6-8-13(12)10-14/h5-8,11,14H,9-10H2,1-4H3,(H2,21,22,23). The summed E-state index contributed by atoms with van der Waals surface area (Å²) in [6, 6.07) is 8.55. The minimum absolute atomic E-state index is 0.275. The molecule has 1 fully saturated rings. The van der Waals surface area contributed by atoms with Gasteiger partial charge in [0.25, 0.3) is 0 Å². The highest BCUT2D eigenvalue weighted by atomic mass is 16.7. The monoisotopic (exact) mass is 337 g/mol. The smallest absolute Gasteiger partial charge is 0.399 e. The van der Waals surface area contributed by atoms with Crippen LogP contribution in [0.25, 0.3) is 0 Å². The number of rotatable bonds is 2. The van der Waals surface area contributed by atoms with Crippen molar-refractivity contribution in [3.63, 3.8) is 0 Å². The van der Waals surface area contributed by atoms with Crippen molar-refractivity contribution in [3.05, 3.63) is 47.3 Å². The average Bonchev–Trinajstić information content (AvgIpc) is 3.05. The fraction of sp³-hybridized carbons (Fsp3) is 0.474. The number of hydrogen-bond acceptors (Lipinski definition) is 5. The second-order valence-corrected chi connectivity index (χ2v) is 8.03. The summed E-state index contributed by atoms with van der Waals surface area (Å²) in [6.45, 7) is 8.21. The molecular weight excluding hydrogens is 313 g/mol. The fourth-order valence-corrected chi connectivity index (χ4v) is 3.65. The van der Waals surface area contributed by atoms with Crippen LogP contribution >= 0.6 is 0 Å². The van der Waals surface area contributed by atoms with E-state index < -0.39 is 18.3 Å². The molecule has 0 spiro atoms. The summed E-state index contributed by atoms with van der Waals surface area (Å²) in [5.74, 6) is 0.572. The summed E-state index contributed by atoms with van der Waals surface area (Å²) in [4.78, 5) is 8.79. The molecule has 1 aromatic heterocycles. The Morgan fingerprint density at radius 2 is 1.60 bits per heavy atom. The SMILES string of the molecule is CC1(C)OB(c2cnc(N)nc2C2Cc3ccccc3C2)OC1(C)C. The van der Waals surface area contributed by atoms with Gasteiger partial charge >= 0.3 is 7.12 Å². The van der Waals surface area contributed by atoms with Gasteiger partial charge in [-0.1, -0.05) is 24.3 Å². The van der Waals surface area contributed by atoms with Crippen LogP contribution in [-0.2, 0) is 22.2 Å². The number of benzene rings is 1. The van der Waals surface area contributed by atoms with Gasteiger partial charge in [-0.2, -0.15) is 0 Å². The highest BCUT2D eigenvalue weighted by Gasteiger charge is 2.53. The molecule has 2 aromatic rings. The number of anilines is 1. The van der Waals surface area contributed by atoms with Gasteiger partial charge < -0.3 is 15.0 Å². The maximum absolute atomic E-state index is 6.22. The molecule has 25 heavy (non-hydrogen) atoms. The Morgan fingerprint density at radius 1 is 1.04 bits per heavy atom. The Morgan fingerprint density at radius 3 is 2.16 bits per heavy atom. The molecule has 0 saturated carbocycles. The van der Waals surface area contributed by atoms with Crippen LogP contribution in [0.1, 0.15) is 50.4 Å². The third kappa shape index (κ3) is 2.73. The molecule has 2 heterocycles. The summed E-state index contributed by atoms with van der Waals surface area (Å²) in [7, 11) is -0.468. The zero-order chi connectivity index (χ0) is 17.8. The van der Waals surface area contributed by atoms with Gasteiger partial charge in [-0.15, -0.1) is 0 Å². The van der Waals surface area contributed by atoms with Crippen LogP contribution in [0.2, 0.25) is 0 Å². The summed E-state index contributed by atoms with van der Waals surface area (Å²) in [5.41, 5.74) is 9.71.